The fourth-order valence-electron chi connectivity index (χ4n) is 0.947. The third kappa shape index (κ3) is 2.90. The molecule has 0 spiro atoms. The van der Waals surface area contributed by atoms with Crippen LogP contribution in [0.4, 0.5) is 5.69 Å². The lowest BCUT2D eigenvalue weighted by Crippen LogP contribution is -1.96. The van der Waals surface area contributed by atoms with Crippen molar-refractivity contribution in [2.45, 2.75) is 6.42 Å². The number of nitrogens with zero attached hydrogens (tertiary/aromatic N) is 1. The van der Waals surface area contributed by atoms with Crippen molar-refractivity contribution in [3.05, 3.63) is 47.0 Å². The Morgan fingerprint density at radius 2 is 2.36 bits per heavy atom. The Morgan fingerprint density at radius 1 is 1.57 bits per heavy atom. The molecule has 0 saturated heterocycles. The second-order valence-corrected chi connectivity index (χ2v) is 2.68. The minimum Gasteiger partial charge on any atom is -0.493 e. The Kier molecular flexibility index (Phi) is 3.67. The van der Waals surface area contributed by atoms with E-state index in [1.807, 2.05) is 0 Å². The van der Waals surface area contributed by atoms with Crippen LogP contribution in [0.2, 0.25) is 0 Å². The summed E-state index contributed by atoms with van der Waals surface area (Å²) in [5.74, 6) is 0.515. The van der Waals surface area contributed by atoms with E-state index >= 15 is 0 Å². The Balaban J connectivity index is 2.63. The van der Waals surface area contributed by atoms with E-state index in [1.54, 1.807) is 18.2 Å². The molecule has 0 bridgehead atoms. The lowest BCUT2D eigenvalue weighted by atomic mass is 10.3. The van der Waals surface area contributed by atoms with Crippen LogP contribution in [-0.4, -0.2) is 11.5 Å². The van der Waals surface area contributed by atoms with E-state index in [2.05, 4.69) is 6.58 Å². The quantitative estimate of drug-likeness (QED) is 0.312. The number of nitro groups is 1. The van der Waals surface area contributed by atoms with Crippen molar-refractivity contribution in [2.75, 3.05) is 6.61 Å². The molecule has 0 saturated carbocycles. The molecule has 1 aromatic rings. The standard InChI is InChI=1S/C10H11NO3/c1-2-3-7-14-10-6-4-5-9(8-10)11(12)13/h2,4-6,8H,1,3,7H2. The molecule has 74 valence electrons. The molecule has 0 unspecified atom stereocenters. The molecule has 0 aliphatic rings. The highest BCUT2D eigenvalue weighted by molar-refractivity contribution is 5.37. The summed E-state index contributed by atoms with van der Waals surface area (Å²) >= 11 is 0. The fraction of sp³-hybridized carbons (Fsp3) is 0.200. The van der Waals surface area contributed by atoms with E-state index in [1.165, 1.54) is 12.1 Å². The number of ether oxygens (including phenoxy) is 1. The van der Waals surface area contributed by atoms with Crippen LogP contribution in [0.5, 0.6) is 5.75 Å². The predicted molar refractivity (Wildman–Crippen MR) is 53.4 cm³/mol. The van der Waals surface area contributed by atoms with Gasteiger partial charge in [0.05, 0.1) is 17.6 Å². The van der Waals surface area contributed by atoms with Crippen LogP contribution in [-0.2, 0) is 0 Å². The molecule has 0 radical (unpaired) electrons. The molecular weight excluding hydrogens is 182 g/mol. The number of benzene rings is 1. The van der Waals surface area contributed by atoms with Gasteiger partial charge >= 0.3 is 0 Å². The summed E-state index contributed by atoms with van der Waals surface area (Å²) in [5, 5.41) is 10.4. The van der Waals surface area contributed by atoms with Gasteiger partial charge in [-0.25, -0.2) is 0 Å². The molecule has 4 heteroatoms. The van der Waals surface area contributed by atoms with Crippen molar-refractivity contribution in [2.24, 2.45) is 0 Å². The fourth-order valence-corrected chi connectivity index (χ4v) is 0.947. The molecular formula is C10H11NO3. The van der Waals surface area contributed by atoms with E-state index in [0.29, 0.717) is 12.4 Å². The molecule has 0 aromatic heterocycles. The van der Waals surface area contributed by atoms with E-state index in [-0.39, 0.29) is 5.69 Å². The maximum absolute atomic E-state index is 10.4. The Labute approximate surface area is 82.0 Å². The molecule has 0 atom stereocenters. The van der Waals surface area contributed by atoms with E-state index in [4.69, 9.17) is 4.74 Å². The number of nitro benzene ring substituents is 1. The normalized spacial score (nSPS) is 9.43. The van der Waals surface area contributed by atoms with Crippen molar-refractivity contribution in [1.82, 2.24) is 0 Å². The maximum atomic E-state index is 10.4. The van der Waals surface area contributed by atoms with Crippen molar-refractivity contribution < 1.29 is 9.66 Å². The SMILES string of the molecule is C=CCCOc1cccc([N+](=O)[O-])c1. The summed E-state index contributed by atoms with van der Waals surface area (Å²) < 4.78 is 5.26. The van der Waals surface area contributed by atoms with Gasteiger partial charge in [0.25, 0.3) is 5.69 Å². The molecule has 0 amide bonds. The van der Waals surface area contributed by atoms with Crippen molar-refractivity contribution in [3.8, 4) is 5.75 Å². The van der Waals surface area contributed by atoms with Gasteiger partial charge in [-0.15, -0.1) is 6.58 Å². The third-order valence-electron chi connectivity index (χ3n) is 1.62. The first kappa shape index (κ1) is 10.2. The van der Waals surface area contributed by atoms with E-state index in [0.717, 1.165) is 6.42 Å². The zero-order valence-electron chi connectivity index (χ0n) is 7.68. The van der Waals surface area contributed by atoms with Gasteiger partial charge in [0.2, 0.25) is 0 Å². The smallest absolute Gasteiger partial charge is 0.273 e. The summed E-state index contributed by atoms with van der Waals surface area (Å²) in [7, 11) is 0. The molecule has 0 N–H and O–H groups in total. The zero-order valence-corrected chi connectivity index (χ0v) is 7.68. The first-order valence-electron chi connectivity index (χ1n) is 4.22. The van der Waals surface area contributed by atoms with Crippen LogP contribution in [0.3, 0.4) is 0 Å². The first-order chi connectivity index (χ1) is 6.74. The summed E-state index contributed by atoms with van der Waals surface area (Å²) in [5.41, 5.74) is 0.0427. The van der Waals surface area contributed by atoms with Crippen LogP contribution in [0.15, 0.2) is 36.9 Å². The second-order valence-electron chi connectivity index (χ2n) is 2.68. The predicted octanol–water partition coefficient (Wildman–Crippen LogP) is 2.55. The van der Waals surface area contributed by atoms with Gasteiger partial charge in [-0.05, 0) is 12.5 Å². The Bertz CT molecular complexity index is 336. The van der Waals surface area contributed by atoms with Gasteiger partial charge < -0.3 is 4.74 Å². The van der Waals surface area contributed by atoms with Crippen LogP contribution in [0, 0.1) is 10.1 Å². The third-order valence-corrected chi connectivity index (χ3v) is 1.62. The summed E-state index contributed by atoms with van der Waals surface area (Å²) in [6.45, 7) is 4.04. The highest BCUT2D eigenvalue weighted by Gasteiger charge is 2.05. The molecule has 4 nitrogen and oxygen atoms in total. The monoisotopic (exact) mass is 193 g/mol. The average molecular weight is 193 g/mol. The molecule has 0 fully saturated rings. The molecule has 1 aromatic carbocycles. The van der Waals surface area contributed by atoms with Crippen LogP contribution >= 0.6 is 0 Å². The van der Waals surface area contributed by atoms with Crippen molar-refractivity contribution >= 4 is 5.69 Å². The maximum Gasteiger partial charge on any atom is 0.273 e. The topological polar surface area (TPSA) is 52.4 Å². The minimum atomic E-state index is -0.444. The summed E-state index contributed by atoms with van der Waals surface area (Å²) in [6.07, 6.45) is 2.46. The largest absolute Gasteiger partial charge is 0.493 e. The first-order valence-corrected chi connectivity index (χ1v) is 4.22. The number of rotatable bonds is 5. The highest BCUT2D eigenvalue weighted by atomic mass is 16.6. The minimum absolute atomic E-state index is 0.0427. The van der Waals surface area contributed by atoms with Crippen molar-refractivity contribution in [3.63, 3.8) is 0 Å². The average Bonchev–Trinajstić information content (AvgIpc) is 2.19. The van der Waals surface area contributed by atoms with Gasteiger partial charge in [-0.2, -0.15) is 0 Å². The zero-order chi connectivity index (χ0) is 10.4. The lowest BCUT2D eigenvalue weighted by Gasteiger charge is -2.03. The van der Waals surface area contributed by atoms with Gasteiger partial charge in [-0.3, -0.25) is 10.1 Å². The second kappa shape index (κ2) is 5.01. The molecule has 0 aliphatic heterocycles. The van der Waals surface area contributed by atoms with Crippen LogP contribution < -0.4 is 4.74 Å². The van der Waals surface area contributed by atoms with Gasteiger partial charge in [0.15, 0.2) is 0 Å². The van der Waals surface area contributed by atoms with Crippen molar-refractivity contribution in [1.29, 1.82) is 0 Å². The molecule has 14 heavy (non-hydrogen) atoms. The Morgan fingerprint density at radius 3 is 3.00 bits per heavy atom. The molecule has 1 rings (SSSR count). The summed E-state index contributed by atoms with van der Waals surface area (Å²) in [4.78, 5) is 9.97. The van der Waals surface area contributed by atoms with E-state index < -0.39 is 4.92 Å². The Hall–Kier alpha value is -1.84. The molecule has 0 aliphatic carbocycles. The lowest BCUT2D eigenvalue weighted by molar-refractivity contribution is -0.384. The van der Waals surface area contributed by atoms with Gasteiger partial charge in [0.1, 0.15) is 5.75 Å². The van der Waals surface area contributed by atoms with Gasteiger partial charge in [0, 0.05) is 6.07 Å². The van der Waals surface area contributed by atoms with E-state index in [9.17, 15) is 10.1 Å². The van der Waals surface area contributed by atoms with Crippen LogP contribution in [0.25, 0.3) is 0 Å². The number of hydrogen-bond acceptors (Lipinski definition) is 3. The highest BCUT2D eigenvalue weighted by Crippen LogP contribution is 2.18. The van der Waals surface area contributed by atoms with Gasteiger partial charge in [-0.1, -0.05) is 12.1 Å². The number of hydrogen-bond donors (Lipinski definition) is 0. The number of non-ortho nitro benzene ring substituents is 1. The molecule has 0 heterocycles. The summed E-state index contributed by atoms with van der Waals surface area (Å²) in [6, 6.07) is 6.13. The van der Waals surface area contributed by atoms with Crippen LogP contribution in [0.1, 0.15) is 6.42 Å².